The van der Waals surface area contributed by atoms with Crippen molar-refractivity contribution >= 4 is 29.7 Å². The maximum absolute atomic E-state index is 10.7. The van der Waals surface area contributed by atoms with Crippen LogP contribution in [0.3, 0.4) is 0 Å². The number of aromatic nitrogens is 2. The summed E-state index contributed by atoms with van der Waals surface area (Å²) in [6, 6.07) is 14.3. The molecule has 2 aliphatic heterocycles. The molecule has 3 heterocycles. The van der Waals surface area contributed by atoms with Crippen LogP contribution in [0.5, 0.6) is 5.75 Å². The smallest absolute Gasteiger partial charge is 0.491 e. The molecule has 41 heavy (non-hydrogen) atoms. The Kier molecular flexibility index (Phi) is 8.45. The standard InChI is InChI=1S/C31H40BN3O6/c1-6-25(32-40-30(2,3)31(4,5)41-32)28(21-10-13-24(14-11-21)38-18-16-33-29(36)37)22-12-15-26-23(19-22)20-34-35(26)27-9-7-8-17-39-27/h10-15,19-20,27,33H,6-9,16-18H2,1-5H3,(H,36,37). The summed E-state index contributed by atoms with van der Waals surface area (Å²) in [5.41, 5.74) is 4.29. The van der Waals surface area contributed by atoms with Crippen molar-refractivity contribution in [2.75, 3.05) is 19.8 Å². The summed E-state index contributed by atoms with van der Waals surface area (Å²) in [6.45, 7) is 11.6. The first-order valence-electron chi connectivity index (χ1n) is 14.5. The molecule has 2 N–H and O–H groups in total. The first-order chi connectivity index (χ1) is 19.6. The van der Waals surface area contributed by atoms with Gasteiger partial charge in [-0.05, 0) is 99.8 Å². The van der Waals surface area contributed by atoms with E-state index in [1.165, 1.54) is 0 Å². The van der Waals surface area contributed by atoms with Gasteiger partial charge in [-0.25, -0.2) is 9.48 Å². The fourth-order valence-electron chi connectivity index (χ4n) is 5.38. The molecule has 218 valence electrons. The minimum absolute atomic E-state index is 0.0312. The Labute approximate surface area is 241 Å². The molecule has 0 spiro atoms. The highest BCUT2D eigenvalue weighted by molar-refractivity contribution is 6.56. The van der Waals surface area contributed by atoms with E-state index in [0.29, 0.717) is 5.75 Å². The number of allylic oxidation sites excluding steroid dienone is 1. The minimum atomic E-state index is -1.07. The van der Waals surface area contributed by atoms with E-state index in [1.54, 1.807) is 0 Å². The third kappa shape index (κ3) is 6.15. The Morgan fingerprint density at radius 2 is 1.80 bits per heavy atom. The van der Waals surface area contributed by atoms with Gasteiger partial charge in [-0.15, -0.1) is 0 Å². The zero-order valence-electron chi connectivity index (χ0n) is 24.6. The predicted molar refractivity (Wildman–Crippen MR) is 159 cm³/mol. The van der Waals surface area contributed by atoms with E-state index in [4.69, 9.17) is 29.0 Å². The van der Waals surface area contributed by atoms with Gasteiger partial charge in [0, 0.05) is 12.0 Å². The van der Waals surface area contributed by atoms with Gasteiger partial charge >= 0.3 is 13.2 Å². The Bertz CT molecular complexity index is 1390. The van der Waals surface area contributed by atoms with Crippen molar-refractivity contribution in [3.8, 4) is 5.75 Å². The average molecular weight is 561 g/mol. The maximum atomic E-state index is 10.7. The molecule has 2 aromatic carbocycles. The predicted octanol–water partition coefficient (Wildman–Crippen LogP) is 6.23. The quantitative estimate of drug-likeness (QED) is 0.236. The summed E-state index contributed by atoms with van der Waals surface area (Å²) in [5.74, 6) is 0.665. The summed E-state index contributed by atoms with van der Waals surface area (Å²) >= 11 is 0. The normalized spacial score (nSPS) is 20.6. The molecule has 1 aromatic heterocycles. The van der Waals surface area contributed by atoms with Crippen molar-refractivity contribution in [1.29, 1.82) is 0 Å². The summed E-state index contributed by atoms with van der Waals surface area (Å²) < 4.78 is 26.8. The average Bonchev–Trinajstić information content (AvgIpc) is 3.46. The van der Waals surface area contributed by atoms with E-state index in [-0.39, 0.29) is 19.4 Å². The summed E-state index contributed by atoms with van der Waals surface area (Å²) in [4.78, 5) is 10.7. The molecule has 2 saturated heterocycles. The minimum Gasteiger partial charge on any atom is -0.492 e. The van der Waals surface area contributed by atoms with Crippen molar-refractivity contribution in [3.05, 3.63) is 65.3 Å². The molecule has 2 fully saturated rings. The van der Waals surface area contributed by atoms with Crippen LogP contribution in [-0.2, 0) is 14.0 Å². The van der Waals surface area contributed by atoms with E-state index in [9.17, 15) is 4.79 Å². The topological polar surface area (TPSA) is 104 Å². The van der Waals surface area contributed by atoms with Crippen LogP contribution in [0.2, 0.25) is 0 Å². The van der Waals surface area contributed by atoms with Crippen molar-refractivity contribution in [3.63, 3.8) is 0 Å². The monoisotopic (exact) mass is 561 g/mol. The van der Waals surface area contributed by atoms with Crippen LogP contribution in [-0.4, -0.2) is 59.1 Å². The van der Waals surface area contributed by atoms with E-state index in [1.807, 2.05) is 35.1 Å². The van der Waals surface area contributed by atoms with Crippen molar-refractivity contribution in [2.45, 2.75) is 77.7 Å². The number of fused-ring (bicyclic) bond motifs is 1. The molecule has 10 heteroatoms. The molecular weight excluding hydrogens is 521 g/mol. The van der Waals surface area contributed by atoms with Gasteiger partial charge in [0.25, 0.3) is 0 Å². The number of amides is 1. The van der Waals surface area contributed by atoms with Crippen LogP contribution in [0.4, 0.5) is 4.79 Å². The summed E-state index contributed by atoms with van der Waals surface area (Å²) in [5, 5.41) is 16.8. The molecule has 1 atom stereocenters. The zero-order chi connectivity index (χ0) is 29.2. The van der Waals surface area contributed by atoms with E-state index in [2.05, 4.69) is 58.1 Å². The first kappa shape index (κ1) is 29.2. The van der Waals surface area contributed by atoms with Crippen LogP contribution in [0, 0.1) is 0 Å². The van der Waals surface area contributed by atoms with Gasteiger partial charge in [-0.1, -0.05) is 25.1 Å². The number of carbonyl (C=O) groups is 1. The second kappa shape index (κ2) is 11.9. The number of ether oxygens (including phenoxy) is 2. The fraction of sp³-hybridized carbons (Fsp3) is 0.484. The fourth-order valence-corrected chi connectivity index (χ4v) is 5.38. The largest absolute Gasteiger partial charge is 0.492 e. The molecular formula is C31H40BN3O6. The van der Waals surface area contributed by atoms with Gasteiger partial charge in [0.15, 0.2) is 6.23 Å². The van der Waals surface area contributed by atoms with Crippen LogP contribution < -0.4 is 10.1 Å². The number of nitrogens with one attached hydrogen (secondary N) is 1. The van der Waals surface area contributed by atoms with Gasteiger partial charge in [0.2, 0.25) is 0 Å². The van der Waals surface area contributed by atoms with Gasteiger partial charge in [0.05, 0.1) is 29.5 Å². The number of hydrogen-bond donors (Lipinski definition) is 2. The maximum Gasteiger partial charge on any atom is 0.491 e. The molecule has 0 aliphatic carbocycles. The molecule has 0 bridgehead atoms. The van der Waals surface area contributed by atoms with Gasteiger partial charge in [0.1, 0.15) is 12.4 Å². The first-order valence-corrected chi connectivity index (χ1v) is 14.5. The molecule has 5 rings (SSSR count). The third-order valence-corrected chi connectivity index (χ3v) is 8.34. The number of benzene rings is 2. The van der Waals surface area contributed by atoms with E-state index in [0.717, 1.165) is 65.4 Å². The van der Waals surface area contributed by atoms with Gasteiger partial charge < -0.3 is 29.2 Å². The highest BCUT2D eigenvalue weighted by Gasteiger charge is 2.52. The second-order valence-electron chi connectivity index (χ2n) is 11.6. The molecule has 0 radical (unpaired) electrons. The Morgan fingerprint density at radius 1 is 1.10 bits per heavy atom. The lowest BCUT2D eigenvalue weighted by Gasteiger charge is -2.32. The highest BCUT2D eigenvalue weighted by atomic mass is 16.7. The molecule has 0 saturated carbocycles. The summed E-state index contributed by atoms with van der Waals surface area (Å²) in [6.07, 6.45) is 4.75. The summed E-state index contributed by atoms with van der Waals surface area (Å²) in [7, 11) is -0.493. The Morgan fingerprint density at radius 3 is 2.44 bits per heavy atom. The SMILES string of the molecule is CCC(B1OC(C)(C)C(C)(C)O1)=C(c1ccc(OCCNC(=O)O)cc1)c1ccc2c(cnn2C2CCCCO2)c1. The van der Waals surface area contributed by atoms with Crippen LogP contribution in [0.25, 0.3) is 16.5 Å². The highest BCUT2D eigenvalue weighted by Crippen LogP contribution is 2.42. The Balaban J connectivity index is 1.53. The zero-order valence-corrected chi connectivity index (χ0v) is 24.6. The lowest BCUT2D eigenvalue weighted by atomic mass is 9.70. The van der Waals surface area contributed by atoms with Gasteiger partial charge in [-0.2, -0.15) is 5.10 Å². The molecule has 1 unspecified atom stereocenters. The van der Waals surface area contributed by atoms with E-state index < -0.39 is 24.4 Å². The van der Waals surface area contributed by atoms with Crippen molar-refractivity contribution < 1.29 is 28.7 Å². The lowest BCUT2D eigenvalue weighted by molar-refractivity contribution is -0.0366. The van der Waals surface area contributed by atoms with Crippen LogP contribution in [0.15, 0.2) is 54.1 Å². The van der Waals surface area contributed by atoms with E-state index >= 15 is 0 Å². The number of carboxylic acid groups (broad SMARTS) is 1. The Hall–Kier alpha value is -3.34. The van der Waals surface area contributed by atoms with Crippen molar-refractivity contribution in [2.24, 2.45) is 0 Å². The van der Waals surface area contributed by atoms with Crippen molar-refractivity contribution in [1.82, 2.24) is 15.1 Å². The molecule has 3 aromatic rings. The number of rotatable bonds is 9. The number of nitrogens with zero attached hydrogens (tertiary/aromatic N) is 2. The molecule has 9 nitrogen and oxygen atoms in total. The lowest BCUT2D eigenvalue weighted by Crippen LogP contribution is -2.41. The van der Waals surface area contributed by atoms with Gasteiger partial charge in [-0.3, -0.25) is 0 Å². The number of hydrogen-bond acceptors (Lipinski definition) is 6. The van der Waals surface area contributed by atoms with Crippen LogP contribution >= 0.6 is 0 Å². The third-order valence-electron chi connectivity index (χ3n) is 8.34. The molecule has 1 amide bonds. The second-order valence-corrected chi connectivity index (χ2v) is 11.6. The molecule has 2 aliphatic rings. The van der Waals surface area contributed by atoms with Crippen LogP contribution in [0.1, 0.15) is 77.7 Å².